The molecule has 1 spiro atoms. The molecule has 16 heavy (non-hydrogen) atoms. The van der Waals surface area contributed by atoms with E-state index in [1.54, 1.807) is 11.9 Å². The van der Waals surface area contributed by atoms with Crippen molar-refractivity contribution in [2.24, 2.45) is 5.16 Å². The number of rotatable bonds is 0. The molecular formula is C12H12N2O2. The minimum absolute atomic E-state index is 0.0331. The van der Waals surface area contributed by atoms with E-state index in [0.717, 1.165) is 17.0 Å². The summed E-state index contributed by atoms with van der Waals surface area (Å²) in [6.45, 7) is 1.88. The molecule has 2 heterocycles. The van der Waals surface area contributed by atoms with Gasteiger partial charge in [0.15, 0.2) is 0 Å². The van der Waals surface area contributed by atoms with E-state index in [-0.39, 0.29) is 5.91 Å². The first-order chi connectivity index (χ1) is 7.65. The number of hydrogen-bond donors (Lipinski definition) is 0. The summed E-state index contributed by atoms with van der Waals surface area (Å²) >= 11 is 0. The first kappa shape index (κ1) is 9.39. The Balaban J connectivity index is 2.19. The quantitative estimate of drug-likeness (QED) is 0.661. The number of oxime groups is 1. The highest BCUT2D eigenvalue weighted by Crippen LogP contribution is 2.46. The highest BCUT2D eigenvalue weighted by Gasteiger charge is 2.55. The zero-order chi connectivity index (χ0) is 11.3. The Hall–Kier alpha value is -1.84. The molecule has 1 aromatic rings. The van der Waals surface area contributed by atoms with Crippen LogP contribution in [0.15, 0.2) is 29.4 Å². The molecule has 0 unspecified atom stereocenters. The number of likely N-dealkylation sites (N-methyl/N-ethyl adjacent to an activating group) is 1. The summed E-state index contributed by atoms with van der Waals surface area (Å²) in [5, 5.41) is 3.92. The van der Waals surface area contributed by atoms with Crippen LogP contribution in [0.2, 0.25) is 0 Å². The fourth-order valence-electron chi connectivity index (χ4n) is 2.44. The Bertz CT molecular complexity index is 509. The van der Waals surface area contributed by atoms with Crippen LogP contribution in [-0.2, 0) is 15.2 Å². The molecule has 0 radical (unpaired) electrons. The van der Waals surface area contributed by atoms with Crippen LogP contribution in [-0.4, -0.2) is 18.7 Å². The van der Waals surface area contributed by atoms with Crippen LogP contribution in [0.1, 0.15) is 18.9 Å². The van der Waals surface area contributed by atoms with Gasteiger partial charge >= 0.3 is 0 Å². The second-order valence-corrected chi connectivity index (χ2v) is 4.30. The molecule has 2 aliphatic heterocycles. The molecule has 2 aliphatic rings. The summed E-state index contributed by atoms with van der Waals surface area (Å²) < 4.78 is 0. The molecule has 0 saturated heterocycles. The summed E-state index contributed by atoms with van der Waals surface area (Å²) in [7, 11) is 1.77. The first-order valence-corrected chi connectivity index (χ1v) is 5.24. The Morgan fingerprint density at radius 2 is 2.19 bits per heavy atom. The maximum atomic E-state index is 12.3. The van der Waals surface area contributed by atoms with E-state index in [2.05, 4.69) is 5.16 Å². The molecule has 0 aromatic heterocycles. The lowest BCUT2D eigenvalue weighted by Gasteiger charge is -2.19. The van der Waals surface area contributed by atoms with Crippen molar-refractivity contribution < 1.29 is 9.63 Å². The van der Waals surface area contributed by atoms with Crippen LogP contribution < -0.4 is 4.90 Å². The summed E-state index contributed by atoms with van der Waals surface area (Å²) in [6, 6.07) is 7.71. The Kier molecular flexibility index (Phi) is 1.67. The first-order valence-electron chi connectivity index (χ1n) is 5.24. The van der Waals surface area contributed by atoms with Gasteiger partial charge in [-0.25, -0.2) is 0 Å². The lowest BCUT2D eigenvalue weighted by atomic mass is 9.91. The highest BCUT2D eigenvalue weighted by molar-refractivity contribution is 6.09. The second kappa shape index (κ2) is 2.84. The number of fused-ring (bicyclic) bond motifs is 2. The molecule has 0 aliphatic carbocycles. The highest BCUT2D eigenvalue weighted by atomic mass is 16.7. The number of nitrogens with zero attached hydrogens (tertiary/aromatic N) is 2. The van der Waals surface area contributed by atoms with Crippen LogP contribution >= 0.6 is 0 Å². The Morgan fingerprint density at radius 1 is 1.44 bits per heavy atom. The fourth-order valence-corrected chi connectivity index (χ4v) is 2.44. The zero-order valence-electron chi connectivity index (χ0n) is 9.23. The van der Waals surface area contributed by atoms with Crippen LogP contribution in [0.25, 0.3) is 0 Å². The molecule has 4 heteroatoms. The molecule has 1 aromatic carbocycles. The van der Waals surface area contributed by atoms with Crippen LogP contribution in [0.3, 0.4) is 0 Å². The van der Waals surface area contributed by atoms with Crippen molar-refractivity contribution in [3.8, 4) is 0 Å². The summed E-state index contributed by atoms with van der Waals surface area (Å²) in [5.41, 5.74) is 1.80. The molecule has 0 N–H and O–H groups in total. The predicted octanol–water partition coefficient (Wildman–Crippen LogP) is 1.65. The van der Waals surface area contributed by atoms with E-state index in [1.807, 2.05) is 31.2 Å². The van der Waals surface area contributed by atoms with E-state index in [9.17, 15) is 4.79 Å². The lowest BCUT2D eigenvalue weighted by molar-refractivity contribution is -0.139. The molecule has 0 bridgehead atoms. The van der Waals surface area contributed by atoms with Gasteiger partial charge in [-0.05, 0) is 13.0 Å². The van der Waals surface area contributed by atoms with Crippen LogP contribution in [0.4, 0.5) is 5.69 Å². The van der Waals surface area contributed by atoms with Gasteiger partial charge < -0.3 is 9.74 Å². The maximum absolute atomic E-state index is 12.3. The van der Waals surface area contributed by atoms with Crippen molar-refractivity contribution in [2.75, 3.05) is 11.9 Å². The monoisotopic (exact) mass is 216 g/mol. The predicted molar refractivity (Wildman–Crippen MR) is 60.3 cm³/mol. The molecule has 3 rings (SSSR count). The number of carbonyl (C=O) groups excluding carboxylic acids is 1. The largest absolute Gasteiger partial charge is 0.374 e. The van der Waals surface area contributed by atoms with Gasteiger partial charge in [-0.3, -0.25) is 4.79 Å². The van der Waals surface area contributed by atoms with Crippen molar-refractivity contribution in [1.82, 2.24) is 0 Å². The van der Waals surface area contributed by atoms with Crippen molar-refractivity contribution in [3.63, 3.8) is 0 Å². The molecule has 0 saturated carbocycles. The van der Waals surface area contributed by atoms with Gasteiger partial charge in [-0.15, -0.1) is 0 Å². The van der Waals surface area contributed by atoms with Gasteiger partial charge in [-0.1, -0.05) is 23.4 Å². The minimum Gasteiger partial charge on any atom is -0.374 e. The van der Waals surface area contributed by atoms with Gasteiger partial charge in [0.2, 0.25) is 5.60 Å². The average molecular weight is 216 g/mol. The normalized spacial score (nSPS) is 27.0. The number of para-hydroxylation sites is 1. The summed E-state index contributed by atoms with van der Waals surface area (Å²) in [4.78, 5) is 19.3. The Morgan fingerprint density at radius 3 is 2.88 bits per heavy atom. The SMILES string of the molecule is CC1=NO[C@@]2(C1)C(=O)N(C)c1ccccc12. The maximum Gasteiger partial charge on any atom is 0.279 e. The number of hydrogen-bond acceptors (Lipinski definition) is 3. The molecular weight excluding hydrogens is 204 g/mol. The third-order valence-electron chi connectivity index (χ3n) is 3.21. The third kappa shape index (κ3) is 0.939. The summed E-state index contributed by atoms with van der Waals surface area (Å²) in [6.07, 6.45) is 0.549. The Labute approximate surface area is 93.5 Å². The molecule has 4 nitrogen and oxygen atoms in total. The summed E-state index contributed by atoms with van der Waals surface area (Å²) in [5.74, 6) is -0.0331. The van der Waals surface area contributed by atoms with Gasteiger partial charge in [0.25, 0.3) is 5.91 Å². The fraction of sp³-hybridized carbons (Fsp3) is 0.333. The number of carbonyl (C=O) groups is 1. The van der Waals surface area contributed by atoms with Crippen molar-refractivity contribution >= 4 is 17.3 Å². The van der Waals surface area contributed by atoms with E-state index in [0.29, 0.717) is 6.42 Å². The van der Waals surface area contributed by atoms with Gasteiger partial charge in [-0.2, -0.15) is 0 Å². The number of anilines is 1. The van der Waals surface area contributed by atoms with Crippen molar-refractivity contribution in [3.05, 3.63) is 29.8 Å². The van der Waals surface area contributed by atoms with Crippen LogP contribution in [0.5, 0.6) is 0 Å². The minimum atomic E-state index is -0.893. The van der Waals surface area contributed by atoms with Gasteiger partial charge in [0.1, 0.15) is 0 Å². The second-order valence-electron chi connectivity index (χ2n) is 4.30. The van der Waals surface area contributed by atoms with Crippen molar-refractivity contribution in [1.29, 1.82) is 0 Å². The van der Waals surface area contributed by atoms with Crippen LogP contribution in [0, 0.1) is 0 Å². The standard InChI is InChI=1S/C12H12N2O2/c1-8-7-12(16-13-8)9-5-3-4-6-10(9)14(2)11(12)15/h3-6H,7H2,1-2H3/t12-/m1/s1. The van der Waals surface area contributed by atoms with E-state index >= 15 is 0 Å². The molecule has 1 amide bonds. The van der Waals surface area contributed by atoms with E-state index in [4.69, 9.17) is 4.84 Å². The molecule has 1 atom stereocenters. The number of benzene rings is 1. The zero-order valence-corrected chi connectivity index (χ0v) is 9.23. The van der Waals surface area contributed by atoms with Gasteiger partial charge in [0, 0.05) is 19.0 Å². The van der Waals surface area contributed by atoms with Gasteiger partial charge in [0.05, 0.1) is 11.4 Å². The van der Waals surface area contributed by atoms with Crippen molar-refractivity contribution in [2.45, 2.75) is 18.9 Å². The van der Waals surface area contributed by atoms with E-state index < -0.39 is 5.60 Å². The molecule has 0 fully saturated rings. The smallest absolute Gasteiger partial charge is 0.279 e. The van der Waals surface area contributed by atoms with E-state index in [1.165, 1.54) is 0 Å². The number of amides is 1. The topological polar surface area (TPSA) is 41.9 Å². The molecule has 82 valence electrons. The third-order valence-corrected chi connectivity index (χ3v) is 3.21. The lowest BCUT2D eigenvalue weighted by Crippen LogP contribution is -2.38. The average Bonchev–Trinajstić information content (AvgIpc) is 2.78.